The van der Waals surface area contributed by atoms with Crippen LogP contribution >= 0.6 is 15.9 Å². The number of amides is 2. The van der Waals surface area contributed by atoms with Crippen LogP contribution in [0.4, 0.5) is 5.69 Å². The van der Waals surface area contributed by atoms with E-state index >= 15 is 0 Å². The monoisotopic (exact) mass is 675 g/mol. The fourth-order valence-corrected chi connectivity index (χ4v) is 6.71. The third-order valence-electron chi connectivity index (χ3n) is 6.91. The van der Waals surface area contributed by atoms with E-state index in [0.717, 1.165) is 21.0 Å². The van der Waals surface area contributed by atoms with Crippen LogP contribution in [0.15, 0.2) is 119 Å². The maximum atomic E-state index is 14.5. The van der Waals surface area contributed by atoms with E-state index in [-0.39, 0.29) is 23.8 Å². The molecule has 0 saturated carbocycles. The Morgan fingerprint density at radius 3 is 2.05 bits per heavy atom. The van der Waals surface area contributed by atoms with Crippen LogP contribution < -0.4 is 9.62 Å². The largest absolute Gasteiger partial charge is 0.350 e. The van der Waals surface area contributed by atoms with Crippen molar-refractivity contribution in [2.45, 2.75) is 57.1 Å². The van der Waals surface area contributed by atoms with E-state index in [2.05, 4.69) is 21.2 Å². The molecule has 44 heavy (non-hydrogen) atoms. The first-order valence-electron chi connectivity index (χ1n) is 14.4. The number of halogens is 1. The summed E-state index contributed by atoms with van der Waals surface area (Å²) in [5.74, 6) is -0.821. The molecule has 2 amide bonds. The van der Waals surface area contributed by atoms with Gasteiger partial charge in [0.2, 0.25) is 11.8 Å². The number of nitrogens with one attached hydrogen (secondary N) is 1. The van der Waals surface area contributed by atoms with E-state index in [1.165, 1.54) is 17.0 Å². The van der Waals surface area contributed by atoms with Crippen LogP contribution in [0.5, 0.6) is 0 Å². The van der Waals surface area contributed by atoms with Crippen molar-refractivity contribution in [3.05, 3.63) is 130 Å². The van der Waals surface area contributed by atoms with Crippen LogP contribution in [0.1, 0.15) is 37.5 Å². The van der Waals surface area contributed by atoms with Crippen molar-refractivity contribution < 1.29 is 18.0 Å². The van der Waals surface area contributed by atoms with Crippen molar-refractivity contribution >= 4 is 43.5 Å². The highest BCUT2D eigenvalue weighted by Crippen LogP contribution is 2.27. The number of hydrogen-bond acceptors (Lipinski definition) is 4. The average Bonchev–Trinajstić information content (AvgIpc) is 2.97. The quantitative estimate of drug-likeness (QED) is 0.196. The SMILES string of the molecule is Cc1cccc(CN(C(=O)CN(c2cccc(Br)c2)S(=O)(=O)c2ccccc2)C(Cc2ccccc2)C(=O)NC(C)(C)C)c1. The molecular formula is C35H38BrN3O4S. The molecule has 0 radical (unpaired) electrons. The topological polar surface area (TPSA) is 86.8 Å². The third-order valence-corrected chi connectivity index (χ3v) is 9.19. The van der Waals surface area contributed by atoms with E-state index in [9.17, 15) is 18.0 Å². The van der Waals surface area contributed by atoms with Crippen LogP contribution in [0, 0.1) is 6.92 Å². The number of benzene rings is 4. The molecule has 0 aromatic heterocycles. The molecule has 9 heteroatoms. The number of hydrogen-bond donors (Lipinski definition) is 1. The Labute approximate surface area is 269 Å². The molecule has 0 bridgehead atoms. The van der Waals surface area contributed by atoms with Crippen LogP contribution in [-0.4, -0.2) is 43.3 Å². The minimum Gasteiger partial charge on any atom is -0.350 e. The lowest BCUT2D eigenvalue weighted by molar-refractivity contribution is -0.140. The number of nitrogens with zero attached hydrogens (tertiary/aromatic N) is 2. The predicted molar refractivity (Wildman–Crippen MR) is 179 cm³/mol. The van der Waals surface area contributed by atoms with Crippen molar-refractivity contribution in [3.8, 4) is 0 Å². The van der Waals surface area contributed by atoms with E-state index in [4.69, 9.17) is 0 Å². The molecule has 0 fully saturated rings. The maximum absolute atomic E-state index is 14.5. The smallest absolute Gasteiger partial charge is 0.264 e. The van der Waals surface area contributed by atoms with Crippen LogP contribution in [0.25, 0.3) is 0 Å². The lowest BCUT2D eigenvalue weighted by atomic mass is 10.0. The number of aryl methyl sites for hydroxylation is 1. The molecule has 0 saturated heterocycles. The van der Waals surface area contributed by atoms with Gasteiger partial charge in [-0.2, -0.15) is 0 Å². The molecule has 4 aromatic carbocycles. The van der Waals surface area contributed by atoms with Gasteiger partial charge in [0.25, 0.3) is 10.0 Å². The average molecular weight is 677 g/mol. The molecule has 1 N–H and O–H groups in total. The van der Waals surface area contributed by atoms with Gasteiger partial charge in [-0.3, -0.25) is 13.9 Å². The first-order chi connectivity index (χ1) is 20.8. The molecule has 4 rings (SSSR count). The standard InChI is InChI=1S/C35H38BrN3O4S/c1-26-13-11-16-28(21-26)24-38(32(34(41)37-35(2,3)4)22-27-14-7-5-8-15-27)33(40)25-39(30-18-12-17-29(36)23-30)44(42,43)31-19-9-6-10-20-31/h5-21,23,32H,22,24-25H2,1-4H3,(H,37,41). The molecule has 0 heterocycles. The fraction of sp³-hybridized carbons (Fsp3) is 0.257. The molecule has 4 aromatic rings. The first-order valence-corrected chi connectivity index (χ1v) is 16.6. The second kappa shape index (κ2) is 14.2. The van der Waals surface area contributed by atoms with Crippen LogP contribution in [0.2, 0.25) is 0 Å². The number of sulfonamides is 1. The molecule has 230 valence electrons. The fourth-order valence-electron chi connectivity index (χ4n) is 4.89. The molecule has 1 unspecified atom stereocenters. The molecule has 7 nitrogen and oxygen atoms in total. The van der Waals surface area contributed by atoms with Crippen molar-refractivity contribution in [3.63, 3.8) is 0 Å². The number of carbonyl (C=O) groups is 2. The lowest BCUT2D eigenvalue weighted by Crippen LogP contribution is -2.56. The van der Waals surface area contributed by atoms with Crippen molar-refractivity contribution in [1.82, 2.24) is 10.2 Å². The highest BCUT2D eigenvalue weighted by molar-refractivity contribution is 9.10. The molecule has 0 aliphatic heterocycles. The summed E-state index contributed by atoms with van der Waals surface area (Å²) in [5.41, 5.74) is 2.49. The van der Waals surface area contributed by atoms with Gasteiger partial charge in [-0.05, 0) is 69.2 Å². The minimum absolute atomic E-state index is 0.0596. The summed E-state index contributed by atoms with van der Waals surface area (Å²) in [4.78, 5) is 30.0. The van der Waals surface area contributed by atoms with E-state index in [1.54, 1.807) is 42.5 Å². The Kier molecular flexibility index (Phi) is 10.7. The zero-order valence-electron chi connectivity index (χ0n) is 25.4. The predicted octanol–water partition coefficient (Wildman–Crippen LogP) is 6.51. The zero-order chi connectivity index (χ0) is 31.9. The normalized spacial score (nSPS) is 12.3. The summed E-state index contributed by atoms with van der Waals surface area (Å²) in [6, 6.07) is 31.2. The van der Waals surface area contributed by atoms with E-state index in [0.29, 0.717) is 10.2 Å². The molecular weight excluding hydrogens is 638 g/mol. The number of rotatable bonds is 11. The second-order valence-electron chi connectivity index (χ2n) is 11.8. The van der Waals surface area contributed by atoms with Crippen molar-refractivity contribution in [2.75, 3.05) is 10.8 Å². The highest BCUT2D eigenvalue weighted by Gasteiger charge is 2.35. The summed E-state index contributed by atoms with van der Waals surface area (Å²) in [6.45, 7) is 7.24. The highest BCUT2D eigenvalue weighted by atomic mass is 79.9. The summed E-state index contributed by atoms with van der Waals surface area (Å²) < 4.78 is 29.9. The Bertz CT molecular complexity index is 1690. The van der Waals surface area contributed by atoms with Gasteiger partial charge in [-0.1, -0.05) is 100 Å². The van der Waals surface area contributed by atoms with Crippen LogP contribution in [-0.2, 0) is 32.6 Å². The molecule has 0 aliphatic carbocycles. The molecule has 0 aliphatic rings. The maximum Gasteiger partial charge on any atom is 0.264 e. The first kappa shape index (κ1) is 33.0. The van der Waals surface area contributed by atoms with Gasteiger partial charge in [0.1, 0.15) is 12.6 Å². The Balaban J connectivity index is 1.82. The number of carbonyl (C=O) groups excluding carboxylic acids is 2. The number of anilines is 1. The summed E-state index contributed by atoms with van der Waals surface area (Å²) >= 11 is 3.44. The molecule has 1 atom stereocenters. The van der Waals surface area contributed by atoms with Gasteiger partial charge in [-0.25, -0.2) is 8.42 Å². The third kappa shape index (κ3) is 8.80. The van der Waals surface area contributed by atoms with Crippen molar-refractivity contribution in [1.29, 1.82) is 0 Å². The molecule has 0 spiro atoms. The van der Waals surface area contributed by atoms with E-state index < -0.39 is 34.1 Å². The van der Waals surface area contributed by atoms with Crippen molar-refractivity contribution in [2.24, 2.45) is 0 Å². The summed E-state index contributed by atoms with van der Waals surface area (Å²) in [5, 5.41) is 3.05. The minimum atomic E-state index is -4.15. The van der Waals surface area contributed by atoms with E-state index in [1.807, 2.05) is 82.3 Å². The zero-order valence-corrected chi connectivity index (χ0v) is 27.8. The van der Waals surface area contributed by atoms with Gasteiger partial charge in [0.05, 0.1) is 10.6 Å². The van der Waals surface area contributed by atoms with Gasteiger partial charge in [-0.15, -0.1) is 0 Å². The van der Waals surface area contributed by atoms with Crippen LogP contribution in [0.3, 0.4) is 0 Å². The second-order valence-corrected chi connectivity index (χ2v) is 14.5. The Morgan fingerprint density at radius 2 is 1.43 bits per heavy atom. The Hall–Kier alpha value is -3.95. The van der Waals surface area contributed by atoms with Gasteiger partial charge in [0.15, 0.2) is 0 Å². The summed E-state index contributed by atoms with van der Waals surface area (Å²) in [6.07, 6.45) is 0.253. The lowest BCUT2D eigenvalue weighted by Gasteiger charge is -2.35. The van der Waals surface area contributed by atoms with Gasteiger partial charge in [0, 0.05) is 23.0 Å². The Morgan fingerprint density at radius 1 is 0.818 bits per heavy atom. The van der Waals surface area contributed by atoms with Gasteiger partial charge < -0.3 is 10.2 Å². The summed E-state index contributed by atoms with van der Waals surface area (Å²) in [7, 11) is -4.15. The van der Waals surface area contributed by atoms with Gasteiger partial charge >= 0.3 is 0 Å².